The van der Waals surface area contributed by atoms with Crippen LogP contribution in [0, 0.1) is 5.92 Å². The molecule has 1 aliphatic heterocycles. The average molecular weight is 276 g/mol. The summed E-state index contributed by atoms with van der Waals surface area (Å²) in [5.74, 6) is 0.460. The number of rotatable bonds is 4. The molecule has 0 saturated carbocycles. The van der Waals surface area contributed by atoms with Crippen LogP contribution in [0.4, 0.5) is 11.4 Å². The highest BCUT2D eigenvalue weighted by Gasteiger charge is 2.24. The Balaban J connectivity index is 2.14. The SMILES string of the molecule is CCC(CC)C(=O)Nc1ccc2c(c1)NC(=O)[C@H](C)O2. The number of hydrogen-bond acceptors (Lipinski definition) is 3. The van der Waals surface area contributed by atoms with Crippen LogP contribution in [0.25, 0.3) is 0 Å². The second-order valence-electron chi connectivity index (χ2n) is 4.96. The van der Waals surface area contributed by atoms with Crippen molar-refractivity contribution in [2.45, 2.75) is 39.7 Å². The molecule has 0 radical (unpaired) electrons. The quantitative estimate of drug-likeness (QED) is 0.888. The van der Waals surface area contributed by atoms with Gasteiger partial charge in [-0.1, -0.05) is 13.8 Å². The van der Waals surface area contributed by atoms with Crippen molar-refractivity contribution in [1.29, 1.82) is 0 Å². The lowest BCUT2D eigenvalue weighted by molar-refractivity contribution is -0.122. The van der Waals surface area contributed by atoms with E-state index in [0.717, 1.165) is 12.8 Å². The van der Waals surface area contributed by atoms with E-state index in [1.54, 1.807) is 25.1 Å². The van der Waals surface area contributed by atoms with E-state index in [2.05, 4.69) is 10.6 Å². The third-order valence-electron chi connectivity index (χ3n) is 3.53. The Morgan fingerprint density at radius 2 is 2.10 bits per heavy atom. The highest BCUT2D eigenvalue weighted by atomic mass is 16.5. The fraction of sp³-hybridized carbons (Fsp3) is 0.467. The van der Waals surface area contributed by atoms with Crippen LogP contribution >= 0.6 is 0 Å². The molecule has 1 atom stereocenters. The fourth-order valence-electron chi connectivity index (χ4n) is 2.19. The fourth-order valence-corrected chi connectivity index (χ4v) is 2.19. The Hall–Kier alpha value is -2.04. The van der Waals surface area contributed by atoms with Gasteiger partial charge in [0.15, 0.2) is 6.10 Å². The van der Waals surface area contributed by atoms with Gasteiger partial charge in [-0.25, -0.2) is 0 Å². The van der Waals surface area contributed by atoms with Crippen molar-refractivity contribution in [3.05, 3.63) is 18.2 Å². The monoisotopic (exact) mass is 276 g/mol. The van der Waals surface area contributed by atoms with Crippen LogP contribution in [0.2, 0.25) is 0 Å². The van der Waals surface area contributed by atoms with E-state index in [4.69, 9.17) is 4.74 Å². The van der Waals surface area contributed by atoms with Crippen molar-refractivity contribution >= 4 is 23.2 Å². The van der Waals surface area contributed by atoms with Crippen LogP contribution in [0.3, 0.4) is 0 Å². The van der Waals surface area contributed by atoms with E-state index < -0.39 is 6.10 Å². The largest absolute Gasteiger partial charge is 0.479 e. The average Bonchev–Trinajstić information content (AvgIpc) is 2.42. The third-order valence-corrected chi connectivity index (χ3v) is 3.53. The molecule has 2 rings (SSSR count). The summed E-state index contributed by atoms with van der Waals surface area (Å²) in [6.07, 6.45) is 1.13. The summed E-state index contributed by atoms with van der Waals surface area (Å²) in [5, 5.41) is 5.64. The molecule has 0 spiro atoms. The number of anilines is 2. The van der Waals surface area contributed by atoms with Crippen LogP contribution in [-0.4, -0.2) is 17.9 Å². The molecule has 5 nitrogen and oxygen atoms in total. The van der Waals surface area contributed by atoms with E-state index in [0.29, 0.717) is 17.1 Å². The number of hydrogen-bond donors (Lipinski definition) is 2. The zero-order valence-corrected chi connectivity index (χ0v) is 12.0. The molecule has 1 aromatic carbocycles. The van der Waals surface area contributed by atoms with Gasteiger partial charge < -0.3 is 15.4 Å². The first-order valence-corrected chi connectivity index (χ1v) is 6.97. The second kappa shape index (κ2) is 5.94. The lowest BCUT2D eigenvalue weighted by atomic mass is 10.0. The molecule has 108 valence electrons. The normalized spacial score (nSPS) is 17.2. The number of carbonyl (C=O) groups is 2. The van der Waals surface area contributed by atoms with Gasteiger partial charge in [-0.15, -0.1) is 0 Å². The maximum Gasteiger partial charge on any atom is 0.265 e. The van der Waals surface area contributed by atoms with Crippen LogP contribution in [-0.2, 0) is 9.59 Å². The first kappa shape index (κ1) is 14.4. The summed E-state index contributed by atoms with van der Waals surface area (Å²) < 4.78 is 5.47. The van der Waals surface area contributed by atoms with Crippen LogP contribution < -0.4 is 15.4 Å². The molecule has 2 amide bonds. The molecule has 20 heavy (non-hydrogen) atoms. The van der Waals surface area contributed by atoms with Gasteiger partial charge in [-0.05, 0) is 38.0 Å². The summed E-state index contributed by atoms with van der Waals surface area (Å²) in [6, 6.07) is 5.26. The minimum absolute atomic E-state index is 0.00590. The van der Waals surface area contributed by atoms with Gasteiger partial charge in [0.1, 0.15) is 5.75 Å². The zero-order chi connectivity index (χ0) is 14.7. The molecular weight excluding hydrogens is 256 g/mol. The number of ether oxygens (including phenoxy) is 1. The van der Waals surface area contributed by atoms with Gasteiger partial charge in [0.2, 0.25) is 5.91 Å². The Morgan fingerprint density at radius 3 is 2.75 bits per heavy atom. The van der Waals surface area contributed by atoms with E-state index in [1.165, 1.54) is 0 Å². The Morgan fingerprint density at radius 1 is 1.40 bits per heavy atom. The number of amides is 2. The number of fused-ring (bicyclic) bond motifs is 1. The zero-order valence-electron chi connectivity index (χ0n) is 12.0. The van der Waals surface area contributed by atoms with Gasteiger partial charge in [0.05, 0.1) is 5.69 Å². The number of nitrogens with one attached hydrogen (secondary N) is 2. The highest BCUT2D eigenvalue weighted by Crippen LogP contribution is 2.32. The molecule has 2 N–H and O–H groups in total. The molecule has 0 fully saturated rings. The molecular formula is C15H20N2O3. The number of benzene rings is 1. The van der Waals surface area contributed by atoms with Gasteiger partial charge in [-0.2, -0.15) is 0 Å². The van der Waals surface area contributed by atoms with Crippen molar-refractivity contribution in [3.63, 3.8) is 0 Å². The molecule has 1 aliphatic rings. The minimum Gasteiger partial charge on any atom is -0.479 e. The first-order valence-electron chi connectivity index (χ1n) is 6.97. The van der Waals surface area contributed by atoms with Crippen molar-refractivity contribution in [3.8, 4) is 5.75 Å². The summed E-state index contributed by atoms with van der Waals surface area (Å²) >= 11 is 0. The topological polar surface area (TPSA) is 67.4 Å². The van der Waals surface area contributed by atoms with Crippen molar-refractivity contribution in [1.82, 2.24) is 0 Å². The van der Waals surface area contributed by atoms with Crippen molar-refractivity contribution in [2.75, 3.05) is 10.6 Å². The molecule has 1 aromatic rings. The lowest BCUT2D eigenvalue weighted by Gasteiger charge is -2.24. The first-order chi connectivity index (χ1) is 9.55. The minimum atomic E-state index is -0.493. The Kier molecular flexibility index (Phi) is 4.27. The summed E-state index contributed by atoms with van der Waals surface area (Å²) in [7, 11) is 0. The van der Waals surface area contributed by atoms with E-state index in [-0.39, 0.29) is 17.7 Å². The Labute approximate surface area is 118 Å². The molecule has 0 aliphatic carbocycles. The Bertz CT molecular complexity index is 524. The molecule has 1 heterocycles. The van der Waals surface area contributed by atoms with E-state index in [1.807, 2.05) is 13.8 Å². The predicted octanol–water partition coefficient (Wildman–Crippen LogP) is 2.78. The maximum atomic E-state index is 12.0. The number of carbonyl (C=O) groups excluding carboxylic acids is 2. The molecule has 5 heteroatoms. The van der Waals surface area contributed by atoms with Crippen LogP contribution in [0.1, 0.15) is 33.6 Å². The summed E-state index contributed by atoms with van der Waals surface area (Å²) in [5.41, 5.74) is 1.26. The standard InChI is InChI=1S/C15H20N2O3/c1-4-10(5-2)15(19)16-11-6-7-13-12(8-11)17-14(18)9(3)20-13/h6-10H,4-5H2,1-3H3,(H,16,19)(H,17,18)/t9-/m0/s1. The summed E-state index contributed by atoms with van der Waals surface area (Å²) in [6.45, 7) is 5.69. The van der Waals surface area contributed by atoms with Gasteiger partial charge in [-0.3, -0.25) is 9.59 Å². The van der Waals surface area contributed by atoms with Crippen LogP contribution in [0.15, 0.2) is 18.2 Å². The lowest BCUT2D eigenvalue weighted by Crippen LogP contribution is -2.34. The van der Waals surface area contributed by atoms with Crippen molar-refractivity contribution < 1.29 is 14.3 Å². The molecule has 0 unspecified atom stereocenters. The van der Waals surface area contributed by atoms with Gasteiger partial charge >= 0.3 is 0 Å². The maximum absolute atomic E-state index is 12.0. The van der Waals surface area contributed by atoms with E-state index >= 15 is 0 Å². The van der Waals surface area contributed by atoms with Crippen molar-refractivity contribution in [2.24, 2.45) is 5.92 Å². The smallest absolute Gasteiger partial charge is 0.265 e. The molecule has 0 saturated heterocycles. The van der Waals surface area contributed by atoms with E-state index in [9.17, 15) is 9.59 Å². The van der Waals surface area contributed by atoms with Crippen LogP contribution in [0.5, 0.6) is 5.75 Å². The molecule has 0 aromatic heterocycles. The summed E-state index contributed by atoms with van der Waals surface area (Å²) in [4.78, 5) is 23.6. The third kappa shape index (κ3) is 2.92. The second-order valence-corrected chi connectivity index (χ2v) is 4.96. The highest BCUT2D eigenvalue weighted by molar-refractivity contribution is 5.99. The van der Waals surface area contributed by atoms with Gasteiger partial charge in [0, 0.05) is 11.6 Å². The molecule has 0 bridgehead atoms. The van der Waals surface area contributed by atoms with Gasteiger partial charge in [0.25, 0.3) is 5.91 Å². The predicted molar refractivity (Wildman–Crippen MR) is 77.9 cm³/mol.